The van der Waals surface area contributed by atoms with Gasteiger partial charge in [-0.3, -0.25) is 4.57 Å². The molecule has 3 rings (SSSR count). The summed E-state index contributed by atoms with van der Waals surface area (Å²) in [6.07, 6.45) is -0.691. The third-order valence-electron chi connectivity index (χ3n) is 3.43. The van der Waals surface area contributed by atoms with Crippen LogP contribution in [0.25, 0.3) is 11.2 Å². The molecule has 1 aliphatic heterocycles. The van der Waals surface area contributed by atoms with Crippen LogP contribution in [-0.4, -0.2) is 64.7 Å². The number of fused-ring (bicyclic) bond motifs is 1. The molecule has 2 aromatic heterocycles. The number of nitrogens with zero attached hydrogens (tertiary/aromatic N) is 6. The number of rotatable bonds is 2. The van der Waals surface area contributed by atoms with Crippen molar-refractivity contribution in [2.45, 2.75) is 24.5 Å². The topological polar surface area (TPSA) is 162 Å². The molecule has 0 aromatic carbocycles. The molecule has 11 heteroatoms. The Balaban J connectivity index is 2.13. The average molecular weight is 308 g/mol. The largest absolute Gasteiger partial charge is 0.425 e. The van der Waals surface area contributed by atoms with Gasteiger partial charge in [-0.15, -0.1) is 4.99 Å². The summed E-state index contributed by atoms with van der Waals surface area (Å²) in [5.74, 6) is 0. The lowest BCUT2D eigenvalue weighted by Crippen LogP contribution is -2.33. The normalized spacial score (nSPS) is 29.1. The first kappa shape index (κ1) is 14.4. The highest BCUT2D eigenvalue weighted by Gasteiger charge is 2.43. The predicted molar refractivity (Wildman–Crippen MR) is 66.9 cm³/mol. The standard InChI is InChI=1S/C11H12N6O5/c12-2-13-10-6-9(15-4-17(10)21)16(3-14-6)11-8(20)7(19)5(1-18)22-11/h3-5,7-8,11,18-21H,1H2/t5-,7-,8-,11-/m1/s1. The fourth-order valence-corrected chi connectivity index (χ4v) is 2.36. The van der Waals surface area contributed by atoms with E-state index in [9.17, 15) is 15.4 Å². The number of aromatic nitrogens is 4. The van der Waals surface area contributed by atoms with Crippen molar-refractivity contribution in [2.75, 3.05) is 6.61 Å². The lowest BCUT2D eigenvalue weighted by Gasteiger charge is -2.16. The molecule has 11 nitrogen and oxygen atoms in total. The van der Waals surface area contributed by atoms with Crippen molar-refractivity contribution in [3.8, 4) is 6.19 Å². The van der Waals surface area contributed by atoms with Gasteiger partial charge in [0.1, 0.15) is 24.6 Å². The molecule has 2 aromatic rings. The van der Waals surface area contributed by atoms with Crippen LogP contribution < -0.4 is 5.49 Å². The Kier molecular flexibility index (Phi) is 3.51. The molecule has 0 aliphatic carbocycles. The first-order chi connectivity index (χ1) is 10.6. The number of aliphatic hydroxyl groups is 3. The SMILES string of the molecule is N#CN=c1c2ncn([C@@H]3O[C@H](CO)[C@@H](O)[C@H]3O)c2ncn1O. The van der Waals surface area contributed by atoms with Crippen LogP contribution in [0.4, 0.5) is 0 Å². The van der Waals surface area contributed by atoms with Gasteiger partial charge in [-0.2, -0.15) is 9.99 Å². The van der Waals surface area contributed by atoms with Gasteiger partial charge in [0.2, 0.25) is 11.7 Å². The highest BCUT2D eigenvalue weighted by Crippen LogP contribution is 2.30. The van der Waals surface area contributed by atoms with E-state index >= 15 is 0 Å². The Morgan fingerprint density at radius 2 is 2.09 bits per heavy atom. The van der Waals surface area contributed by atoms with E-state index in [-0.39, 0.29) is 16.7 Å². The molecule has 0 unspecified atom stereocenters. The number of nitriles is 1. The summed E-state index contributed by atoms with van der Waals surface area (Å²) >= 11 is 0. The monoisotopic (exact) mass is 308 g/mol. The minimum Gasteiger partial charge on any atom is -0.425 e. The van der Waals surface area contributed by atoms with E-state index in [2.05, 4.69) is 15.0 Å². The van der Waals surface area contributed by atoms with E-state index in [1.165, 1.54) is 10.9 Å². The van der Waals surface area contributed by atoms with Crippen LogP contribution in [0.3, 0.4) is 0 Å². The van der Waals surface area contributed by atoms with Gasteiger partial charge in [0.15, 0.2) is 17.4 Å². The summed E-state index contributed by atoms with van der Waals surface area (Å²) in [5.41, 5.74) is 0.177. The molecule has 4 N–H and O–H groups in total. The summed E-state index contributed by atoms with van der Waals surface area (Å²) in [5, 5.41) is 47.2. The van der Waals surface area contributed by atoms with E-state index in [0.29, 0.717) is 4.73 Å². The quantitative estimate of drug-likeness (QED) is 0.348. The van der Waals surface area contributed by atoms with Gasteiger partial charge < -0.3 is 25.3 Å². The molecular weight excluding hydrogens is 296 g/mol. The highest BCUT2D eigenvalue weighted by atomic mass is 16.6. The fourth-order valence-electron chi connectivity index (χ4n) is 2.36. The maximum Gasteiger partial charge on any atom is 0.211 e. The van der Waals surface area contributed by atoms with Crippen LogP contribution in [0.1, 0.15) is 6.23 Å². The number of ether oxygens (including phenoxy) is 1. The maximum absolute atomic E-state index is 10.0. The lowest BCUT2D eigenvalue weighted by molar-refractivity contribution is -0.0511. The van der Waals surface area contributed by atoms with Crippen molar-refractivity contribution in [1.82, 2.24) is 19.3 Å². The first-order valence-corrected chi connectivity index (χ1v) is 6.27. The van der Waals surface area contributed by atoms with E-state index in [1.807, 2.05) is 0 Å². The van der Waals surface area contributed by atoms with Gasteiger partial charge >= 0.3 is 0 Å². The van der Waals surface area contributed by atoms with Crippen LogP contribution in [0, 0.1) is 11.5 Å². The smallest absolute Gasteiger partial charge is 0.211 e. The number of aliphatic hydroxyl groups excluding tert-OH is 3. The predicted octanol–water partition coefficient (Wildman–Crippen LogP) is -2.54. The first-order valence-electron chi connectivity index (χ1n) is 6.27. The van der Waals surface area contributed by atoms with Crippen molar-refractivity contribution in [1.29, 1.82) is 5.26 Å². The van der Waals surface area contributed by atoms with Crippen LogP contribution in [0.2, 0.25) is 0 Å². The van der Waals surface area contributed by atoms with Crippen LogP contribution in [-0.2, 0) is 4.74 Å². The van der Waals surface area contributed by atoms with Gasteiger partial charge in [-0.05, 0) is 0 Å². The Morgan fingerprint density at radius 1 is 1.32 bits per heavy atom. The summed E-state index contributed by atoms with van der Waals surface area (Å²) in [4.78, 5) is 11.4. The van der Waals surface area contributed by atoms with Gasteiger partial charge in [-0.25, -0.2) is 9.97 Å². The van der Waals surface area contributed by atoms with Crippen molar-refractivity contribution in [3.63, 3.8) is 0 Å². The van der Waals surface area contributed by atoms with Crippen molar-refractivity contribution >= 4 is 11.2 Å². The van der Waals surface area contributed by atoms with Crippen molar-refractivity contribution < 1.29 is 25.3 Å². The molecule has 0 spiro atoms. The molecule has 0 saturated carbocycles. The second kappa shape index (κ2) is 5.35. The second-order valence-corrected chi connectivity index (χ2v) is 4.68. The van der Waals surface area contributed by atoms with Crippen LogP contribution in [0.15, 0.2) is 17.6 Å². The molecule has 0 amide bonds. The van der Waals surface area contributed by atoms with E-state index in [4.69, 9.17) is 15.1 Å². The fraction of sp³-hybridized carbons (Fsp3) is 0.455. The van der Waals surface area contributed by atoms with Gasteiger partial charge in [-0.1, -0.05) is 0 Å². The summed E-state index contributed by atoms with van der Waals surface area (Å²) in [6, 6.07) is 0. The second-order valence-electron chi connectivity index (χ2n) is 4.68. The Bertz CT molecular complexity index is 807. The third kappa shape index (κ3) is 2.02. The average Bonchev–Trinajstić information content (AvgIpc) is 3.05. The molecule has 0 radical (unpaired) electrons. The molecule has 1 saturated heterocycles. The van der Waals surface area contributed by atoms with Crippen molar-refractivity contribution in [2.24, 2.45) is 4.99 Å². The van der Waals surface area contributed by atoms with Gasteiger partial charge in [0, 0.05) is 0 Å². The number of hydrogen-bond acceptors (Lipinski definition) is 9. The number of hydrogen-bond donors (Lipinski definition) is 4. The lowest BCUT2D eigenvalue weighted by atomic mass is 10.1. The van der Waals surface area contributed by atoms with E-state index in [1.54, 1.807) is 6.19 Å². The number of imidazole rings is 1. The Hall–Kier alpha value is -2.52. The zero-order chi connectivity index (χ0) is 15.9. The zero-order valence-corrected chi connectivity index (χ0v) is 11.1. The summed E-state index contributed by atoms with van der Waals surface area (Å²) < 4.78 is 7.26. The minimum atomic E-state index is -1.30. The molecule has 0 bridgehead atoms. The minimum absolute atomic E-state index is 0.115. The molecule has 3 heterocycles. The summed E-state index contributed by atoms with van der Waals surface area (Å²) in [6.45, 7) is -0.458. The van der Waals surface area contributed by atoms with E-state index in [0.717, 1.165) is 6.33 Å². The third-order valence-corrected chi connectivity index (χ3v) is 3.43. The molecular formula is C11H12N6O5. The maximum atomic E-state index is 10.0. The Labute approximate surface area is 122 Å². The molecule has 116 valence electrons. The molecule has 1 aliphatic rings. The molecule has 1 fully saturated rings. The van der Waals surface area contributed by atoms with Gasteiger partial charge in [0.25, 0.3) is 0 Å². The highest BCUT2D eigenvalue weighted by molar-refractivity contribution is 5.69. The molecule has 22 heavy (non-hydrogen) atoms. The van der Waals surface area contributed by atoms with Gasteiger partial charge in [0.05, 0.1) is 12.9 Å². The van der Waals surface area contributed by atoms with Crippen LogP contribution in [0.5, 0.6) is 0 Å². The summed E-state index contributed by atoms with van der Waals surface area (Å²) in [7, 11) is 0. The van der Waals surface area contributed by atoms with Crippen LogP contribution >= 0.6 is 0 Å². The van der Waals surface area contributed by atoms with E-state index < -0.39 is 31.1 Å². The Morgan fingerprint density at radius 3 is 2.73 bits per heavy atom. The zero-order valence-electron chi connectivity index (χ0n) is 11.1. The molecule has 4 atom stereocenters. The van der Waals surface area contributed by atoms with Crippen molar-refractivity contribution in [3.05, 3.63) is 18.1 Å².